The van der Waals surface area contributed by atoms with Crippen molar-refractivity contribution >= 4 is 40.5 Å². The van der Waals surface area contributed by atoms with Gasteiger partial charge in [0.05, 0.1) is 15.0 Å². The number of non-ortho nitro benzene ring substituents is 1. The van der Waals surface area contributed by atoms with Gasteiger partial charge in [0.1, 0.15) is 6.10 Å². The van der Waals surface area contributed by atoms with Gasteiger partial charge >= 0.3 is 0 Å². The maximum Gasteiger partial charge on any atom is 0.272 e. The van der Waals surface area contributed by atoms with Crippen LogP contribution in [0.1, 0.15) is 33.1 Å². The van der Waals surface area contributed by atoms with Crippen LogP contribution < -0.4 is 4.74 Å². The first-order chi connectivity index (χ1) is 9.85. The largest absolute Gasteiger partial charge is 0.487 e. The van der Waals surface area contributed by atoms with Crippen LogP contribution in [0.4, 0.5) is 5.69 Å². The minimum Gasteiger partial charge on any atom is -0.487 e. The smallest absolute Gasteiger partial charge is 0.272 e. The fraction of sp³-hybridized carbons (Fsp3) is 0.571. The quantitative estimate of drug-likeness (QED) is 0.401. The predicted octanol–water partition coefficient (Wildman–Crippen LogP) is 5.47. The molecule has 1 aliphatic carbocycles. The number of alkyl halides is 1. The first-order valence-corrected chi connectivity index (χ1v) is 7.99. The van der Waals surface area contributed by atoms with E-state index in [1.807, 2.05) is 0 Å². The first-order valence-electron chi connectivity index (χ1n) is 6.79. The van der Waals surface area contributed by atoms with E-state index < -0.39 is 4.92 Å². The van der Waals surface area contributed by atoms with Gasteiger partial charge in [-0.3, -0.25) is 10.1 Å². The van der Waals surface area contributed by atoms with Crippen molar-refractivity contribution in [2.24, 2.45) is 5.41 Å². The second-order valence-electron chi connectivity index (χ2n) is 5.25. The zero-order chi connectivity index (χ0) is 15.8. The number of nitrogens with zero attached hydrogens (tertiary/aromatic N) is 1. The molecule has 1 aromatic rings. The Labute approximate surface area is 138 Å². The average molecular weight is 353 g/mol. The minimum atomic E-state index is -0.540. The number of benzene rings is 1. The van der Waals surface area contributed by atoms with Crippen molar-refractivity contribution in [3.8, 4) is 5.75 Å². The zero-order valence-corrected chi connectivity index (χ0v) is 14.0. The molecule has 0 bridgehead atoms. The van der Waals surface area contributed by atoms with Gasteiger partial charge < -0.3 is 4.74 Å². The van der Waals surface area contributed by atoms with Crippen LogP contribution in [-0.2, 0) is 0 Å². The molecule has 0 aromatic heterocycles. The van der Waals surface area contributed by atoms with E-state index in [4.69, 9.17) is 39.5 Å². The molecule has 0 N–H and O–H groups in total. The third-order valence-electron chi connectivity index (χ3n) is 4.46. The molecule has 7 heteroatoms. The van der Waals surface area contributed by atoms with Crippen LogP contribution in [0.3, 0.4) is 0 Å². The normalized spacial score (nSPS) is 23.5. The lowest BCUT2D eigenvalue weighted by molar-refractivity contribution is -0.384. The predicted molar refractivity (Wildman–Crippen MR) is 84.8 cm³/mol. The summed E-state index contributed by atoms with van der Waals surface area (Å²) in [5.74, 6) is 0.295. The zero-order valence-electron chi connectivity index (χ0n) is 11.7. The molecule has 2 atom stereocenters. The fourth-order valence-corrected chi connectivity index (χ4v) is 4.09. The average Bonchev–Trinajstić information content (AvgIpc) is 2.42. The molecule has 1 aromatic carbocycles. The summed E-state index contributed by atoms with van der Waals surface area (Å²) in [5, 5.41) is 11.1. The molecule has 0 aliphatic heterocycles. The Morgan fingerprint density at radius 1 is 1.33 bits per heavy atom. The van der Waals surface area contributed by atoms with Crippen molar-refractivity contribution < 1.29 is 9.66 Å². The summed E-state index contributed by atoms with van der Waals surface area (Å²) in [4.78, 5) is 10.2. The second kappa shape index (κ2) is 6.19. The molecule has 21 heavy (non-hydrogen) atoms. The van der Waals surface area contributed by atoms with Crippen LogP contribution in [0.25, 0.3) is 0 Å². The highest BCUT2D eigenvalue weighted by molar-refractivity contribution is 6.37. The fourth-order valence-electron chi connectivity index (χ4n) is 2.92. The van der Waals surface area contributed by atoms with E-state index in [2.05, 4.69) is 13.8 Å². The number of nitro groups is 1. The van der Waals surface area contributed by atoms with Gasteiger partial charge in [-0.05, 0) is 12.8 Å². The lowest BCUT2D eigenvalue weighted by Crippen LogP contribution is -2.56. The van der Waals surface area contributed by atoms with Crippen molar-refractivity contribution in [3.05, 3.63) is 32.3 Å². The number of rotatable bonds is 5. The molecular formula is C14H16Cl3NO3. The van der Waals surface area contributed by atoms with Gasteiger partial charge in [0, 0.05) is 29.3 Å². The third kappa shape index (κ3) is 2.81. The molecule has 0 spiro atoms. The third-order valence-corrected chi connectivity index (χ3v) is 5.63. The van der Waals surface area contributed by atoms with Gasteiger partial charge in [0.15, 0.2) is 5.75 Å². The molecule has 1 saturated carbocycles. The number of hydrogen-bond acceptors (Lipinski definition) is 3. The van der Waals surface area contributed by atoms with Crippen molar-refractivity contribution in [2.45, 2.75) is 44.6 Å². The monoisotopic (exact) mass is 351 g/mol. The topological polar surface area (TPSA) is 52.4 Å². The molecule has 2 rings (SSSR count). The molecule has 2 unspecified atom stereocenters. The summed E-state index contributed by atoms with van der Waals surface area (Å²) in [6.45, 7) is 4.15. The van der Waals surface area contributed by atoms with Crippen LogP contribution in [0.5, 0.6) is 5.75 Å². The molecule has 116 valence electrons. The Bertz CT molecular complexity index is 537. The van der Waals surface area contributed by atoms with Crippen molar-refractivity contribution in [1.82, 2.24) is 0 Å². The Balaban J connectivity index is 2.27. The van der Waals surface area contributed by atoms with Gasteiger partial charge in [-0.15, -0.1) is 11.6 Å². The number of nitro benzene ring substituents is 1. The maximum atomic E-state index is 10.8. The van der Waals surface area contributed by atoms with Gasteiger partial charge in [0.25, 0.3) is 5.69 Å². The van der Waals surface area contributed by atoms with E-state index in [-0.39, 0.29) is 32.6 Å². The van der Waals surface area contributed by atoms with E-state index >= 15 is 0 Å². The van der Waals surface area contributed by atoms with Crippen LogP contribution in [0, 0.1) is 15.5 Å². The van der Waals surface area contributed by atoms with E-state index in [1.165, 1.54) is 12.1 Å². The number of hydrogen-bond donors (Lipinski definition) is 0. The molecule has 0 amide bonds. The number of halogens is 3. The minimum absolute atomic E-state index is 0.0631. The summed E-state index contributed by atoms with van der Waals surface area (Å²) in [5.41, 5.74) is -0.255. The summed E-state index contributed by atoms with van der Waals surface area (Å²) < 4.78 is 5.94. The molecule has 0 saturated heterocycles. The van der Waals surface area contributed by atoms with Gasteiger partial charge in [-0.1, -0.05) is 37.0 Å². The highest BCUT2D eigenvalue weighted by atomic mass is 35.5. The lowest BCUT2D eigenvalue weighted by Gasteiger charge is -2.52. The highest BCUT2D eigenvalue weighted by Crippen LogP contribution is 2.53. The highest BCUT2D eigenvalue weighted by Gasteiger charge is 2.53. The van der Waals surface area contributed by atoms with E-state index in [0.29, 0.717) is 12.2 Å². The Hall–Kier alpha value is -0.710. The van der Waals surface area contributed by atoms with Crippen molar-refractivity contribution in [1.29, 1.82) is 0 Å². The van der Waals surface area contributed by atoms with E-state index in [1.54, 1.807) is 0 Å². The van der Waals surface area contributed by atoms with Crippen LogP contribution >= 0.6 is 34.8 Å². The Morgan fingerprint density at radius 3 is 2.24 bits per heavy atom. The van der Waals surface area contributed by atoms with Crippen molar-refractivity contribution in [3.63, 3.8) is 0 Å². The molecule has 1 aliphatic rings. The van der Waals surface area contributed by atoms with Crippen LogP contribution in [0.2, 0.25) is 10.0 Å². The number of ether oxygens (including phenoxy) is 1. The Kier molecular flexibility index (Phi) is 4.91. The van der Waals surface area contributed by atoms with Gasteiger partial charge in [-0.25, -0.2) is 0 Å². The van der Waals surface area contributed by atoms with Crippen LogP contribution in [-0.4, -0.2) is 16.4 Å². The SMILES string of the molecule is CCC1(CC)C(Cl)CC1Oc1c(Cl)cc([N+](=O)[O-])cc1Cl. The maximum absolute atomic E-state index is 10.8. The summed E-state index contributed by atoms with van der Waals surface area (Å²) in [7, 11) is 0. The molecule has 4 nitrogen and oxygen atoms in total. The Morgan fingerprint density at radius 2 is 1.86 bits per heavy atom. The standard InChI is InChI=1S/C14H16Cl3NO3/c1-3-14(4-2)11(17)7-12(14)21-13-9(15)5-8(18(19)20)6-10(13)16/h5-6,11-12H,3-4,7H2,1-2H3. The first kappa shape index (κ1) is 16.7. The molecule has 0 radical (unpaired) electrons. The lowest BCUT2D eigenvalue weighted by atomic mass is 9.62. The summed E-state index contributed by atoms with van der Waals surface area (Å²) in [6.07, 6.45) is 2.42. The van der Waals surface area contributed by atoms with Gasteiger partial charge in [0.2, 0.25) is 0 Å². The summed E-state index contributed by atoms with van der Waals surface area (Å²) >= 11 is 18.5. The van der Waals surface area contributed by atoms with E-state index in [0.717, 1.165) is 12.8 Å². The molecule has 1 fully saturated rings. The summed E-state index contributed by atoms with van der Waals surface area (Å²) in [6, 6.07) is 2.50. The van der Waals surface area contributed by atoms with E-state index in [9.17, 15) is 10.1 Å². The van der Waals surface area contributed by atoms with Crippen molar-refractivity contribution in [2.75, 3.05) is 0 Å². The molecule has 0 heterocycles. The second-order valence-corrected chi connectivity index (χ2v) is 6.59. The van der Waals surface area contributed by atoms with Gasteiger partial charge in [-0.2, -0.15) is 0 Å². The molecular weight excluding hydrogens is 337 g/mol. The van der Waals surface area contributed by atoms with Crippen LogP contribution in [0.15, 0.2) is 12.1 Å².